The first-order valence-electron chi connectivity index (χ1n) is 16.4. The van der Waals surface area contributed by atoms with Crippen molar-refractivity contribution >= 4 is 6.09 Å². The van der Waals surface area contributed by atoms with Crippen molar-refractivity contribution < 1.29 is 61.6 Å². The zero-order chi connectivity index (χ0) is 33.9. The van der Waals surface area contributed by atoms with Crippen molar-refractivity contribution in [3.63, 3.8) is 0 Å². The number of carbonyl (C=O) groups is 1. The van der Waals surface area contributed by atoms with Crippen LogP contribution in [0.2, 0.25) is 0 Å². The van der Waals surface area contributed by atoms with Gasteiger partial charge in [-0.15, -0.1) is 0 Å². The fourth-order valence-corrected chi connectivity index (χ4v) is 3.36. The third-order valence-electron chi connectivity index (χ3n) is 5.50. The fourth-order valence-electron chi connectivity index (χ4n) is 3.36. The highest BCUT2D eigenvalue weighted by atomic mass is 16.6. The predicted molar refractivity (Wildman–Crippen MR) is 174 cm³/mol. The Morgan fingerprint density at radius 3 is 1.09 bits per heavy atom. The summed E-state index contributed by atoms with van der Waals surface area (Å²) in [7, 11) is 0. The normalized spacial score (nSPS) is 11.6. The molecule has 0 fully saturated rings. The molecule has 14 nitrogen and oxygen atoms in total. The van der Waals surface area contributed by atoms with Crippen LogP contribution in [0.15, 0.2) is 30.3 Å². The number of hydrogen-bond donors (Lipinski definition) is 1. The van der Waals surface area contributed by atoms with Crippen molar-refractivity contribution in [3.05, 3.63) is 30.3 Å². The first-order valence-corrected chi connectivity index (χ1v) is 16.4. The quantitative estimate of drug-likeness (QED) is 0.107. The molecule has 0 saturated carbocycles. The molecule has 0 spiro atoms. The molecule has 1 amide bonds. The van der Waals surface area contributed by atoms with Crippen LogP contribution in [0.4, 0.5) is 4.79 Å². The first kappa shape index (κ1) is 42.9. The van der Waals surface area contributed by atoms with Crippen molar-refractivity contribution in [2.75, 3.05) is 145 Å². The molecule has 0 saturated heterocycles. The minimum Gasteiger partial charge on any atom is -0.491 e. The lowest BCUT2D eigenvalue weighted by molar-refractivity contribution is -0.0266. The Hall–Kier alpha value is -2.11. The van der Waals surface area contributed by atoms with Gasteiger partial charge in [0.2, 0.25) is 0 Å². The molecule has 1 aromatic rings. The number of ether oxygens (including phenoxy) is 12. The Kier molecular flexibility index (Phi) is 29.6. The molecule has 0 bridgehead atoms. The van der Waals surface area contributed by atoms with Gasteiger partial charge in [0.1, 0.15) is 18.0 Å². The van der Waals surface area contributed by atoms with Crippen molar-refractivity contribution in [3.8, 4) is 5.75 Å². The second kappa shape index (κ2) is 32.4. The zero-order valence-electron chi connectivity index (χ0n) is 28.8. The standard InChI is InChI=1S/C33H59NO13/c1-33(2,3)47-32(35)34-9-10-36-11-12-37-13-14-38-15-16-39-17-18-40-19-20-41-21-22-42-23-24-43-25-26-44-27-28-45-29-30-46-31-7-5-4-6-8-31/h4-8H,9-30H2,1-3H3,(H,34,35). The van der Waals surface area contributed by atoms with Crippen LogP contribution in [0, 0.1) is 0 Å². The summed E-state index contributed by atoms with van der Waals surface area (Å²) in [5.41, 5.74) is -0.511. The zero-order valence-corrected chi connectivity index (χ0v) is 28.8. The van der Waals surface area contributed by atoms with Crippen molar-refractivity contribution in [1.82, 2.24) is 5.32 Å². The van der Waals surface area contributed by atoms with Gasteiger partial charge in [-0.2, -0.15) is 0 Å². The lowest BCUT2D eigenvalue weighted by Crippen LogP contribution is -2.34. The molecule has 274 valence electrons. The highest BCUT2D eigenvalue weighted by Crippen LogP contribution is 2.07. The summed E-state index contributed by atoms with van der Waals surface area (Å²) in [6.45, 7) is 16.1. The predicted octanol–water partition coefficient (Wildman–Crippen LogP) is 2.76. The van der Waals surface area contributed by atoms with Crippen molar-refractivity contribution in [2.45, 2.75) is 26.4 Å². The van der Waals surface area contributed by atoms with Crippen LogP contribution >= 0.6 is 0 Å². The molecule has 0 heterocycles. The molecule has 14 heteroatoms. The van der Waals surface area contributed by atoms with Crippen LogP contribution in [0.25, 0.3) is 0 Å². The van der Waals surface area contributed by atoms with Crippen LogP contribution in [-0.4, -0.2) is 157 Å². The first-order chi connectivity index (χ1) is 23.0. The highest BCUT2D eigenvalue weighted by molar-refractivity contribution is 5.67. The van der Waals surface area contributed by atoms with E-state index < -0.39 is 11.7 Å². The molecular formula is C33H59NO13. The van der Waals surface area contributed by atoms with Gasteiger partial charge in [-0.1, -0.05) is 18.2 Å². The number of carbonyl (C=O) groups excluding carboxylic acids is 1. The fraction of sp³-hybridized carbons (Fsp3) is 0.788. The molecular weight excluding hydrogens is 618 g/mol. The van der Waals surface area contributed by atoms with E-state index in [1.165, 1.54) is 0 Å². The van der Waals surface area contributed by atoms with Gasteiger partial charge in [-0.25, -0.2) is 4.79 Å². The largest absolute Gasteiger partial charge is 0.491 e. The number of benzene rings is 1. The summed E-state index contributed by atoms with van der Waals surface area (Å²) in [6.07, 6.45) is -0.452. The average Bonchev–Trinajstić information content (AvgIpc) is 3.04. The number of hydrogen-bond acceptors (Lipinski definition) is 13. The van der Waals surface area contributed by atoms with Gasteiger partial charge >= 0.3 is 6.09 Å². The highest BCUT2D eigenvalue weighted by Gasteiger charge is 2.15. The van der Waals surface area contributed by atoms with Crippen LogP contribution in [0.5, 0.6) is 5.75 Å². The SMILES string of the molecule is CC(C)(C)OC(=O)NCCOCCOCCOCCOCCOCCOCCOCCOCCOCCOCCOc1ccccc1. The second-order valence-corrected chi connectivity index (χ2v) is 10.7. The number of rotatable bonds is 34. The second-order valence-electron chi connectivity index (χ2n) is 10.7. The molecule has 0 aliphatic rings. The topological polar surface area (TPSA) is 140 Å². The van der Waals surface area contributed by atoms with E-state index in [1.807, 2.05) is 51.1 Å². The van der Waals surface area contributed by atoms with Gasteiger partial charge in [0.15, 0.2) is 0 Å². The number of para-hydroxylation sites is 1. The Morgan fingerprint density at radius 2 is 0.766 bits per heavy atom. The Labute approximate surface area is 280 Å². The summed E-state index contributed by atoms with van der Waals surface area (Å²) in [5, 5.41) is 2.63. The van der Waals surface area contributed by atoms with Gasteiger partial charge in [0.25, 0.3) is 0 Å². The summed E-state index contributed by atoms with van der Waals surface area (Å²) in [4.78, 5) is 11.5. The Bertz CT molecular complexity index is 798. The van der Waals surface area contributed by atoms with Crippen LogP contribution in [0.1, 0.15) is 20.8 Å². The van der Waals surface area contributed by atoms with Gasteiger partial charge in [0, 0.05) is 6.54 Å². The van der Waals surface area contributed by atoms with E-state index in [-0.39, 0.29) is 0 Å². The lowest BCUT2D eigenvalue weighted by atomic mass is 10.2. The van der Waals surface area contributed by atoms with Gasteiger partial charge in [-0.05, 0) is 32.9 Å². The maximum atomic E-state index is 11.5. The molecule has 1 rings (SSSR count). The molecule has 0 aliphatic heterocycles. The molecule has 0 unspecified atom stereocenters. The molecule has 1 aromatic carbocycles. The van der Waals surface area contributed by atoms with Crippen LogP contribution in [0.3, 0.4) is 0 Å². The molecule has 0 aliphatic carbocycles. The van der Waals surface area contributed by atoms with E-state index in [0.29, 0.717) is 145 Å². The van der Waals surface area contributed by atoms with Crippen molar-refractivity contribution in [2.24, 2.45) is 0 Å². The summed E-state index contributed by atoms with van der Waals surface area (Å²) >= 11 is 0. The molecule has 0 atom stereocenters. The number of alkyl carbamates (subject to hydrolysis) is 1. The maximum absolute atomic E-state index is 11.5. The smallest absolute Gasteiger partial charge is 0.407 e. The molecule has 1 N–H and O–H groups in total. The number of amides is 1. The molecule has 0 aromatic heterocycles. The van der Waals surface area contributed by atoms with Gasteiger partial charge in [0.05, 0.1) is 132 Å². The lowest BCUT2D eigenvalue weighted by Gasteiger charge is -2.19. The minimum atomic E-state index is -0.511. The summed E-state index contributed by atoms with van der Waals surface area (Å²) in [5.74, 6) is 0.840. The van der Waals surface area contributed by atoms with E-state index in [2.05, 4.69) is 5.32 Å². The number of nitrogens with one attached hydrogen (secondary N) is 1. The summed E-state index contributed by atoms with van der Waals surface area (Å²) < 4.78 is 65.3. The van der Waals surface area contributed by atoms with Crippen molar-refractivity contribution in [1.29, 1.82) is 0 Å². The van der Waals surface area contributed by atoms with E-state index in [9.17, 15) is 4.79 Å². The third kappa shape index (κ3) is 33.6. The maximum Gasteiger partial charge on any atom is 0.407 e. The van der Waals surface area contributed by atoms with Gasteiger partial charge < -0.3 is 62.2 Å². The minimum absolute atomic E-state index is 0.383. The third-order valence-corrected chi connectivity index (χ3v) is 5.50. The van der Waals surface area contributed by atoms with E-state index >= 15 is 0 Å². The Morgan fingerprint density at radius 1 is 0.468 bits per heavy atom. The molecule has 47 heavy (non-hydrogen) atoms. The monoisotopic (exact) mass is 677 g/mol. The van der Waals surface area contributed by atoms with Gasteiger partial charge in [-0.3, -0.25) is 0 Å². The van der Waals surface area contributed by atoms with Crippen LogP contribution in [-0.2, 0) is 52.1 Å². The Balaban J connectivity index is 1.63. The van der Waals surface area contributed by atoms with E-state index in [4.69, 9.17) is 56.8 Å². The average molecular weight is 678 g/mol. The molecule has 0 radical (unpaired) electrons. The van der Waals surface area contributed by atoms with E-state index in [1.54, 1.807) is 0 Å². The summed E-state index contributed by atoms with van der Waals surface area (Å²) in [6, 6.07) is 9.66. The van der Waals surface area contributed by atoms with Crippen LogP contribution < -0.4 is 10.1 Å². The van der Waals surface area contributed by atoms with E-state index in [0.717, 1.165) is 5.75 Å².